The van der Waals surface area contributed by atoms with Crippen LogP contribution in [-0.2, 0) is 9.53 Å². The molecule has 0 bridgehead atoms. The van der Waals surface area contributed by atoms with E-state index in [1.807, 2.05) is 0 Å². The van der Waals surface area contributed by atoms with E-state index in [2.05, 4.69) is 4.90 Å². The number of ether oxygens (including phenoxy) is 1. The fraction of sp³-hybridized carbons (Fsp3) is 0.900. The fourth-order valence-electron chi connectivity index (χ4n) is 1.75. The van der Waals surface area contributed by atoms with Crippen molar-refractivity contribution in [2.75, 3.05) is 26.3 Å². The third-order valence-corrected chi connectivity index (χ3v) is 2.55. The highest BCUT2D eigenvalue weighted by Gasteiger charge is 2.21. The van der Waals surface area contributed by atoms with Crippen molar-refractivity contribution in [1.29, 1.82) is 0 Å². The summed E-state index contributed by atoms with van der Waals surface area (Å²) in [4.78, 5) is 12.4. The average Bonchev–Trinajstić information content (AvgIpc) is 2.70. The number of aliphatic hydroxyl groups is 1. The second kappa shape index (κ2) is 6.76. The zero-order valence-electron chi connectivity index (χ0n) is 8.89. The number of carboxylic acids is 1. The standard InChI is InChI=1S/C10H19NO4/c12-8-9(11-5-1-2-6-11)15-7-3-4-10(13)14/h9,12H,1-8H2,(H,13,14). The Balaban J connectivity index is 2.13. The van der Waals surface area contributed by atoms with E-state index in [1.54, 1.807) is 0 Å². The Kier molecular flexibility index (Phi) is 5.60. The molecule has 15 heavy (non-hydrogen) atoms. The van der Waals surface area contributed by atoms with Crippen molar-refractivity contribution in [3.8, 4) is 0 Å². The van der Waals surface area contributed by atoms with Crippen molar-refractivity contribution in [3.05, 3.63) is 0 Å². The van der Waals surface area contributed by atoms with Crippen LogP contribution in [0.1, 0.15) is 25.7 Å². The molecule has 1 atom stereocenters. The van der Waals surface area contributed by atoms with E-state index >= 15 is 0 Å². The number of hydrogen-bond acceptors (Lipinski definition) is 4. The molecule has 88 valence electrons. The SMILES string of the molecule is O=C(O)CCCOC(CO)N1CCCC1. The van der Waals surface area contributed by atoms with Gasteiger partial charge in [0.2, 0.25) is 0 Å². The molecule has 0 amide bonds. The lowest BCUT2D eigenvalue weighted by Crippen LogP contribution is -2.38. The van der Waals surface area contributed by atoms with Gasteiger partial charge in [-0.1, -0.05) is 0 Å². The van der Waals surface area contributed by atoms with Crippen molar-refractivity contribution in [3.63, 3.8) is 0 Å². The van der Waals surface area contributed by atoms with Crippen LogP contribution in [0.4, 0.5) is 0 Å². The van der Waals surface area contributed by atoms with E-state index < -0.39 is 5.97 Å². The second-order valence-corrected chi connectivity index (χ2v) is 3.75. The predicted molar refractivity (Wildman–Crippen MR) is 54.5 cm³/mol. The van der Waals surface area contributed by atoms with Crippen molar-refractivity contribution in [2.45, 2.75) is 31.9 Å². The lowest BCUT2D eigenvalue weighted by molar-refractivity contribution is -0.138. The minimum absolute atomic E-state index is 0.0208. The minimum atomic E-state index is -0.805. The molecule has 1 fully saturated rings. The van der Waals surface area contributed by atoms with Crippen LogP contribution in [0.5, 0.6) is 0 Å². The molecule has 2 N–H and O–H groups in total. The molecule has 0 spiro atoms. The van der Waals surface area contributed by atoms with E-state index in [-0.39, 0.29) is 19.3 Å². The van der Waals surface area contributed by atoms with Gasteiger partial charge in [-0.2, -0.15) is 0 Å². The highest BCUT2D eigenvalue weighted by molar-refractivity contribution is 5.66. The summed E-state index contributed by atoms with van der Waals surface area (Å²) in [5.41, 5.74) is 0. The van der Waals surface area contributed by atoms with Gasteiger partial charge in [0.05, 0.1) is 6.61 Å². The highest BCUT2D eigenvalue weighted by Crippen LogP contribution is 2.12. The maximum Gasteiger partial charge on any atom is 0.303 e. The summed E-state index contributed by atoms with van der Waals surface area (Å²) < 4.78 is 5.44. The Hall–Kier alpha value is -0.650. The average molecular weight is 217 g/mol. The monoisotopic (exact) mass is 217 g/mol. The van der Waals surface area contributed by atoms with Gasteiger partial charge in [-0.25, -0.2) is 0 Å². The third kappa shape index (κ3) is 4.59. The molecule has 0 aromatic rings. The largest absolute Gasteiger partial charge is 0.481 e. The zero-order chi connectivity index (χ0) is 11.1. The maximum absolute atomic E-state index is 10.3. The van der Waals surface area contributed by atoms with Crippen LogP contribution in [0.15, 0.2) is 0 Å². The molecule has 0 aliphatic carbocycles. The molecule has 5 heteroatoms. The number of nitrogens with zero attached hydrogens (tertiary/aromatic N) is 1. The van der Waals surface area contributed by atoms with Crippen LogP contribution < -0.4 is 0 Å². The van der Waals surface area contributed by atoms with Crippen molar-refractivity contribution < 1.29 is 19.7 Å². The lowest BCUT2D eigenvalue weighted by Gasteiger charge is -2.25. The molecule has 0 radical (unpaired) electrons. The number of aliphatic hydroxyl groups excluding tert-OH is 1. The molecule has 1 heterocycles. The first kappa shape index (κ1) is 12.4. The smallest absolute Gasteiger partial charge is 0.303 e. The molecule has 0 saturated carbocycles. The predicted octanol–water partition coefficient (Wildman–Crippen LogP) is 0.282. The molecule has 1 aliphatic rings. The zero-order valence-corrected chi connectivity index (χ0v) is 8.89. The van der Waals surface area contributed by atoms with Crippen molar-refractivity contribution >= 4 is 5.97 Å². The van der Waals surface area contributed by atoms with E-state index in [1.165, 1.54) is 0 Å². The summed E-state index contributed by atoms with van der Waals surface area (Å²) in [5.74, 6) is -0.805. The maximum atomic E-state index is 10.3. The Morgan fingerprint density at radius 3 is 2.60 bits per heavy atom. The Bertz CT molecular complexity index is 192. The number of carboxylic acid groups (broad SMARTS) is 1. The van der Waals surface area contributed by atoms with E-state index in [9.17, 15) is 4.79 Å². The normalized spacial score (nSPS) is 19.3. The molecule has 1 unspecified atom stereocenters. The molecular weight excluding hydrogens is 198 g/mol. The van der Waals surface area contributed by atoms with Gasteiger partial charge in [-0.15, -0.1) is 0 Å². The first-order chi connectivity index (χ1) is 7.24. The van der Waals surface area contributed by atoms with Crippen LogP contribution >= 0.6 is 0 Å². The molecule has 0 aromatic carbocycles. The van der Waals surface area contributed by atoms with Gasteiger partial charge >= 0.3 is 5.97 Å². The van der Waals surface area contributed by atoms with Gasteiger partial charge in [0, 0.05) is 26.1 Å². The highest BCUT2D eigenvalue weighted by atomic mass is 16.5. The van der Waals surface area contributed by atoms with Crippen molar-refractivity contribution in [1.82, 2.24) is 4.90 Å². The summed E-state index contributed by atoms with van der Waals surface area (Å²) >= 11 is 0. The van der Waals surface area contributed by atoms with Crippen LogP contribution in [-0.4, -0.2) is 53.6 Å². The molecular formula is C10H19NO4. The van der Waals surface area contributed by atoms with Gasteiger partial charge in [-0.05, 0) is 19.3 Å². The first-order valence-electron chi connectivity index (χ1n) is 5.42. The van der Waals surface area contributed by atoms with Crippen LogP contribution in [0.3, 0.4) is 0 Å². The fourth-order valence-corrected chi connectivity index (χ4v) is 1.75. The molecule has 0 aromatic heterocycles. The first-order valence-corrected chi connectivity index (χ1v) is 5.42. The molecule has 1 aliphatic heterocycles. The Morgan fingerprint density at radius 1 is 1.40 bits per heavy atom. The van der Waals surface area contributed by atoms with Gasteiger partial charge in [0.1, 0.15) is 6.23 Å². The molecule has 1 rings (SSSR count). The Labute approximate surface area is 89.6 Å². The van der Waals surface area contributed by atoms with E-state index in [4.69, 9.17) is 14.9 Å². The van der Waals surface area contributed by atoms with Crippen LogP contribution in [0, 0.1) is 0 Å². The van der Waals surface area contributed by atoms with Crippen LogP contribution in [0.25, 0.3) is 0 Å². The van der Waals surface area contributed by atoms with Crippen LogP contribution in [0.2, 0.25) is 0 Å². The molecule has 5 nitrogen and oxygen atoms in total. The number of carbonyl (C=O) groups is 1. The van der Waals surface area contributed by atoms with Crippen molar-refractivity contribution in [2.24, 2.45) is 0 Å². The summed E-state index contributed by atoms with van der Waals surface area (Å²) in [7, 11) is 0. The summed E-state index contributed by atoms with van der Waals surface area (Å²) in [6.07, 6.45) is 2.67. The number of rotatable bonds is 7. The molecule has 1 saturated heterocycles. The lowest BCUT2D eigenvalue weighted by atomic mass is 10.3. The third-order valence-electron chi connectivity index (χ3n) is 2.55. The Morgan fingerprint density at radius 2 is 2.07 bits per heavy atom. The minimum Gasteiger partial charge on any atom is -0.481 e. The van der Waals surface area contributed by atoms with Gasteiger partial charge in [0.15, 0.2) is 0 Å². The summed E-state index contributed by atoms with van der Waals surface area (Å²) in [6.45, 7) is 2.30. The number of likely N-dealkylation sites (tertiary alicyclic amines) is 1. The number of aliphatic carboxylic acids is 1. The van der Waals surface area contributed by atoms with Gasteiger partial charge < -0.3 is 14.9 Å². The van der Waals surface area contributed by atoms with E-state index in [0.29, 0.717) is 13.0 Å². The topological polar surface area (TPSA) is 70.0 Å². The second-order valence-electron chi connectivity index (χ2n) is 3.75. The van der Waals surface area contributed by atoms with E-state index in [0.717, 1.165) is 25.9 Å². The van der Waals surface area contributed by atoms with Gasteiger partial charge in [0.25, 0.3) is 0 Å². The summed E-state index contributed by atoms with van der Waals surface area (Å²) in [6, 6.07) is 0. The number of hydrogen-bond donors (Lipinski definition) is 2. The summed E-state index contributed by atoms with van der Waals surface area (Å²) in [5, 5.41) is 17.5. The van der Waals surface area contributed by atoms with Gasteiger partial charge in [-0.3, -0.25) is 9.69 Å². The quantitative estimate of drug-likeness (QED) is 0.599.